The number of fused-ring (bicyclic) bond motifs is 2. The van der Waals surface area contributed by atoms with Crippen molar-refractivity contribution < 1.29 is 24.3 Å². The van der Waals surface area contributed by atoms with Crippen molar-refractivity contribution in [2.45, 2.75) is 32.2 Å². The summed E-state index contributed by atoms with van der Waals surface area (Å²) in [5.41, 5.74) is 3.01. The SMILES string of the molecule is COc1ccc2c(c1)c(/C=C1\Oc3c(ccc([O-])c3C[NH+]3CCCCCC3)C1=O)cn2C. The molecule has 3 heterocycles. The second-order valence-electron chi connectivity index (χ2n) is 8.78. The third kappa shape index (κ3) is 3.65. The molecular formula is C26H28N2O4. The highest BCUT2D eigenvalue weighted by Crippen LogP contribution is 2.39. The smallest absolute Gasteiger partial charge is 0.231 e. The number of allylic oxidation sites excluding steroid dienone is 1. The van der Waals surface area contributed by atoms with E-state index in [1.165, 1.54) is 36.6 Å². The van der Waals surface area contributed by atoms with Gasteiger partial charge in [0.1, 0.15) is 18.0 Å². The van der Waals surface area contributed by atoms with E-state index in [0.717, 1.165) is 35.3 Å². The molecule has 3 aromatic rings. The molecule has 6 nitrogen and oxygen atoms in total. The van der Waals surface area contributed by atoms with Crippen molar-refractivity contribution in [1.29, 1.82) is 0 Å². The number of carbonyl (C=O) groups is 1. The molecule has 2 aromatic carbocycles. The minimum Gasteiger partial charge on any atom is -0.872 e. The number of methoxy groups -OCH3 is 1. The van der Waals surface area contributed by atoms with Gasteiger partial charge in [0.15, 0.2) is 5.76 Å². The van der Waals surface area contributed by atoms with Crippen LogP contribution in [0, 0.1) is 0 Å². The largest absolute Gasteiger partial charge is 0.872 e. The normalized spacial score (nSPS) is 18.1. The van der Waals surface area contributed by atoms with E-state index in [-0.39, 0.29) is 17.3 Å². The highest BCUT2D eigenvalue weighted by molar-refractivity contribution is 6.15. The van der Waals surface area contributed by atoms with E-state index < -0.39 is 0 Å². The minimum absolute atomic E-state index is 0.0514. The topological polar surface area (TPSA) is 68.0 Å². The lowest BCUT2D eigenvalue weighted by atomic mass is 10.0. The quantitative estimate of drug-likeness (QED) is 0.644. The Kier molecular flexibility index (Phi) is 5.39. The molecule has 2 aliphatic rings. The summed E-state index contributed by atoms with van der Waals surface area (Å²) in [6.45, 7) is 2.71. The van der Waals surface area contributed by atoms with E-state index in [4.69, 9.17) is 9.47 Å². The molecule has 166 valence electrons. The summed E-state index contributed by atoms with van der Waals surface area (Å²) in [5, 5.41) is 13.7. The molecule has 0 saturated carbocycles. The van der Waals surface area contributed by atoms with Gasteiger partial charge in [0.05, 0.1) is 25.8 Å². The molecule has 32 heavy (non-hydrogen) atoms. The van der Waals surface area contributed by atoms with Gasteiger partial charge in [-0.25, -0.2) is 0 Å². The molecule has 0 atom stereocenters. The molecule has 0 radical (unpaired) electrons. The van der Waals surface area contributed by atoms with Crippen molar-refractivity contribution in [1.82, 2.24) is 4.57 Å². The van der Waals surface area contributed by atoms with Crippen LogP contribution >= 0.6 is 0 Å². The molecule has 1 N–H and O–H groups in total. The predicted molar refractivity (Wildman–Crippen MR) is 121 cm³/mol. The van der Waals surface area contributed by atoms with Crippen molar-refractivity contribution in [3.8, 4) is 17.2 Å². The van der Waals surface area contributed by atoms with Gasteiger partial charge in [-0.1, -0.05) is 11.8 Å². The van der Waals surface area contributed by atoms with Crippen LogP contribution in [-0.2, 0) is 13.6 Å². The second-order valence-corrected chi connectivity index (χ2v) is 8.78. The molecule has 1 fully saturated rings. The molecule has 5 rings (SSSR count). The van der Waals surface area contributed by atoms with Crippen LogP contribution in [0.25, 0.3) is 17.0 Å². The average Bonchev–Trinajstić information content (AvgIpc) is 3.13. The van der Waals surface area contributed by atoms with Crippen molar-refractivity contribution in [3.05, 3.63) is 59.0 Å². The van der Waals surface area contributed by atoms with Gasteiger partial charge in [0.25, 0.3) is 0 Å². The van der Waals surface area contributed by atoms with E-state index >= 15 is 0 Å². The highest BCUT2D eigenvalue weighted by atomic mass is 16.5. The number of aryl methyl sites for hydroxylation is 1. The summed E-state index contributed by atoms with van der Waals surface area (Å²) in [5.74, 6) is 1.23. The summed E-state index contributed by atoms with van der Waals surface area (Å²) < 4.78 is 13.5. The lowest BCUT2D eigenvalue weighted by molar-refractivity contribution is -0.913. The summed E-state index contributed by atoms with van der Waals surface area (Å²) in [7, 11) is 3.60. The maximum atomic E-state index is 13.1. The molecule has 6 heteroatoms. The first-order valence-corrected chi connectivity index (χ1v) is 11.3. The first-order valence-electron chi connectivity index (χ1n) is 11.3. The van der Waals surface area contributed by atoms with Gasteiger partial charge in [-0.05, 0) is 56.0 Å². The second kappa shape index (κ2) is 8.36. The summed E-state index contributed by atoms with van der Waals surface area (Å²) in [6.07, 6.45) is 8.59. The maximum absolute atomic E-state index is 13.1. The van der Waals surface area contributed by atoms with Crippen LogP contribution in [0.5, 0.6) is 17.2 Å². The van der Waals surface area contributed by atoms with E-state index in [2.05, 4.69) is 0 Å². The molecule has 0 amide bonds. The Hall–Kier alpha value is -3.25. The summed E-state index contributed by atoms with van der Waals surface area (Å²) in [4.78, 5) is 14.5. The Morgan fingerprint density at radius 1 is 1.16 bits per heavy atom. The standard InChI is InChI=1S/C26H28N2O4/c1-27-15-17(20-14-18(31-2)7-9-22(20)27)13-24-25(30)19-8-10-23(29)21(26(19)32-24)16-28-11-5-3-4-6-12-28/h7-10,13-15,29H,3-6,11-12,16H2,1-2H3/b24-13-. The number of benzene rings is 2. The fourth-order valence-electron chi connectivity index (χ4n) is 4.90. The van der Waals surface area contributed by atoms with Crippen LogP contribution < -0.4 is 19.5 Å². The average molecular weight is 433 g/mol. The monoisotopic (exact) mass is 432 g/mol. The van der Waals surface area contributed by atoms with Crippen molar-refractivity contribution in [2.75, 3.05) is 20.2 Å². The van der Waals surface area contributed by atoms with Crippen molar-refractivity contribution >= 4 is 22.8 Å². The Bertz CT molecular complexity index is 1220. The van der Waals surface area contributed by atoms with Crippen LogP contribution in [0.1, 0.15) is 47.2 Å². The zero-order valence-electron chi connectivity index (χ0n) is 18.6. The Balaban J connectivity index is 1.50. The number of nitrogens with zero attached hydrogens (tertiary/aromatic N) is 1. The molecule has 1 saturated heterocycles. The summed E-state index contributed by atoms with van der Waals surface area (Å²) >= 11 is 0. The fraction of sp³-hybridized carbons (Fsp3) is 0.346. The van der Waals surface area contributed by atoms with Gasteiger partial charge in [0, 0.05) is 35.3 Å². The predicted octanol–water partition coefficient (Wildman–Crippen LogP) is 2.84. The number of quaternary nitrogens is 1. The number of hydrogen-bond acceptors (Lipinski definition) is 4. The molecule has 1 aromatic heterocycles. The Morgan fingerprint density at radius 2 is 1.94 bits per heavy atom. The number of ketones is 1. The zero-order chi connectivity index (χ0) is 22.2. The lowest BCUT2D eigenvalue weighted by Crippen LogP contribution is -3.10. The third-order valence-electron chi connectivity index (χ3n) is 6.65. The Labute approximate surface area is 187 Å². The Morgan fingerprint density at radius 3 is 2.69 bits per heavy atom. The van der Waals surface area contributed by atoms with Crippen molar-refractivity contribution in [2.24, 2.45) is 7.05 Å². The number of aromatic nitrogens is 1. The zero-order valence-corrected chi connectivity index (χ0v) is 18.6. The minimum atomic E-state index is -0.174. The molecule has 0 unspecified atom stereocenters. The van der Waals surface area contributed by atoms with Gasteiger partial charge in [-0.15, -0.1) is 0 Å². The summed E-state index contributed by atoms with van der Waals surface area (Å²) in [6, 6.07) is 8.98. The van der Waals surface area contributed by atoms with E-state index in [1.54, 1.807) is 19.3 Å². The fourth-order valence-corrected chi connectivity index (χ4v) is 4.90. The molecular weight excluding hydrogens is 404 g/mol. The van der Waals surface area contributed by atoms with Crippen LogP contribution in [0.2, 0.25) is 0 Å². The van der Waals surface area contributed by atoms with Gasteiger partial charge in [-0.2, -0.15) is 0 Å². The van der Waals surface area contributed by atoms with Crippen LogP contribution in [0.4, 0.5) is 0 Å². The third-order valence-corrected chi connectivity index (χ3v) is 6.65. The van der Waals surface area contributed by atoms with Gasteiger partial charge >= 0.3 is 0 Å². The van der Waals surface area contributed by atoms with E-state index in [1.807, 2.05) is 36.0 Å². The molecule has 2 aliphatic heterocycles. The number of nitrogens with one attached hydrogen (secondary N) is 1. The maximum Gasteiger partial charge on any atom is 0.231 e. The molecule has 0 aliphatic carbocycles. The molecule has 0 spiro atoms. The number of hydrogen-bond donors (Lipinski definition) is 1. The van der Waals surface area contributed by atoms with Crippen LogP contribution in [0.15, 0.2) is 42.3 Å². The number of likely N-dealkylation sites (tertiary alicyclic amines) is 1. The van der Waals surface area contributed by atoms with Crippen molar-refractivity contribution in [3.63, 3.8) is 0 Å². The first-order chi connectivity index (χ1) is 15.5. The number of rotatable bonds is 4. The van der Waals surface area contributed by atoms with Crippen LogP contribution in [0.3, 0.4) is 0 Å². The van der Waals surface area contributed by atoms with Gasteiger partial charge < -0.3 is 24.0 Å². The van der Waals surface area contributed by atoms with Gasteiger partial charge in [0.2, 0.25) is 5.78 Å². The first kappa shape index (κ1) is 20.6. The van der Waals surface area contributed by atoms with Crippen LogP contribution in [-0.4, -0.2) is 30.5 Å². The van der Waals surface area contributed by atoms with E-state index in [9.17, 15) is 9.90 Å². The van der Waals surface area contributed by atoms with Gasteiger partial charge in [-0.3, -0.25) is 4.79 Å². The number of carbonyl (C=O) groups excluding carboxylic acids is 1. The number of Topliss-reactive ketones (excluding diaryl/α,β-unsaturated/α-hetero) is 1. The number of ether oxygens (including phenoxy) is 2. The highest BCUT2D eigenvalue weighted by Gasteiger charge is 2.31. The molecule has 0 bridgehead atoms. The van der Waals surface area contributed by atoms with E-state index in [0.29, 0.717) is 23.4 Å². The lowest BCUT2D eigenvalue weighted by Gasteiger charge is -2.22.